The van der Waals surface area contributed by atoms with E-state index in [2.05, 4.69) is 5.16 Å². The molecule has 0 atom stereocenters. The molecule has 0 aliphatic heterocycles. The van der Waals surface area contributed by atoms with Gasteiger partial charge in [-0.1, -0.05) is 17.3 Å². The molecule has 0 aliphatic carbocycles. The maximum absolute atomic E-state index is 8.71. The molecular formula is C9H9NO2. The van der Waals surface area contributed by atoms with Gasteiger partial charge in [0.2, 0.25) is 0 Å². The molecule has 0 saturated heterocycles. The highest BCUT2D eigenvalue weighted by Crippen LogP contribution is 2.17. The highest BCUT2D eigenvalue weighted by Gasteiger charge is 2.05. The summed E-state index contributed by atoms with van der Waals surface area (Å²) in [7, 11) is 0. The van der Waals surface area contributed by atoms with Crippen molar-refractivity contribution in [2.75, 3.05) is 6.61 Å². The van der Waals surface area contributed by atoms with Gasteiger partial charge >= 0.3 is 0 Å². The fourth-order valence-corrected chi connectivity index (χ4v) is 1.22. The van der Waals surface area contributed by atoms with Crippen molar-refractivity contribution in [2.24, 2.45) is 0 Å². The standard InChI is InChI=1S/C9H9NO2/c11-6-5-9-7-3-1-2-4-8(7)10-12-9/h1-4,11H,5-6H2. The van der Waals surface area contributed by atoms with Crippen LogP contribution in [0, 0.1) is 0 Å². The van der Waals surface area contributed by atoms with E-state index in [1.54, 1.807) is 0 Å². The van der Waals surface area contributed by atoms with Crippen LogP contribution in [-0.2, 0) is 6.42 Å². The summed E-state index contributed by atoms with van der Waals surface area (Å²) in [4.78, 5) is 0. The lowest BCUT2D eigenvalue weighted by Crippen LogP contribution is -1.87. The fourth-order valence-electron chi connectivity index (χ4n) is 1.22. The fraction of sp³-hybridized carbons (Fsp3) is 0.222. The van der Waals surface area contributed by atoms with Gasteiger partial charge in [0, 0.05) is 11.8 Å². The van der Waals surface area contributed by atoms with Gasteiger partial charge in [0.1, 0.15) is 11.3 Å². The number of aliphatic hydroxyl groups is 1. The number of hydrogen-bond acceptors (Lipinski definition) is 3. The summed E-state index contributed by atoms with van der Waals surface area (Å²) in [6, 6.07) is 7.67. The third-order valence-electron chi connectivity index (χ3n) is 1.80. The number of aliphatic hydroxyl groups excluding tert-OH is 1. The predicted molar refractivity (Wildman–Crippen MR) is 44.8 cm³/mol. The Morgan fingerprint density at radius 1 is 1.33 bits per heavy atom. The smallest absolute Gasteiger partial charge is 0.146 e. The molecule has 2 rings (SSSR count). The van der Waals surface area contributed by atoms with Gasteiger partial charge in [-0.15, -0.1) is 0 Å². The number of fused-ring (bicyclic) bond motifs is 1. The maximum atomic E-state index is 8.71. The lowest BCUT2D eigenvalue weighted by Gasteiger charge is -1.89. The van der Waals surface area contributed by atoms with E-state index in [4.69, 9.17) is 9.63 Å². The monoisotopic (exact) mass is 163 g/mol. The second-order valence-electron chi connectivity index (χ2n) is 2.60. The van der Waals surface area contributed by atoms with Crippen molar-refractivity contribution in [3.8, 4) is 0 Å². The van der Waals surface area contributed by atoms with Crippen LogP contribution in [0.2, 0.25) is 0 Å². The van der Waals surface area contributed by atoms with Gasteiger partial charge in [-0.2, -0.15) is 0 Å². The van der Waals surface area contributed by atoms with Crippen LogP contribution < -0.4 is 0 Å². The minimum atomic E-state index is 0.0964. The number of nitrogens with zero attached hydrogens (tertiary/aromatic N) is 1. The quantitative estimate of drug-likeness (QED) is 0.727. The molecule has 0 amide bonds. The predicted octanol–water partition coefficient (Wildman–Crippen LogP) is 1.36. The van der Waals surface area contributed by atoms with Crippen LogP contribution in [0.1, 0.15) is 5.76 Å². The second-order valence-corrected chi connectivity index (χ2v) is 2.60. The summed E-state index contributed by atoms with van der Waals surface area (Å²) in [6.07, 6.45) is 0.528. The van der Waals surface area contributed by atoms with Crippen LogP contribution in [-0.4, -0.2) is 16.9 Å². The maximum Gasteiger partial charge on any atom is 0.146 e. The van der Waals surface area contributed by atoms with Crippen LogP contribution in [0.25, 0.3) is 10.9 Å². The SMILES string of the molecule is OCCc1onc2ccccc12. The summed E-state index contributed by atoms with van der Waals surface area (Å²) >= 11 is 0. The van der Waals surface area contributed by atoms with E-state index < -0.39 is 0 Å². The minimum Gasteiger partial charge on any atom is -0.396 e. The van der Waals surface area contributed by atoms with Crippen molar-refractivity contribution in [2.45, 2.75) is 6.42 Å². The Morgan fingerprint density at radius 3 is 3.00 bits per heavy atom. The Kier molecular flexibility index (Phi) is 1.80. The van der Waals surface area contributed by atoms with Crippen LogP contribution >= 0.6 is 0 Å². The van der Waals surface area contributed by atoms with Gasteiger partial charge in [-0.25, -0.2) is 0 Å². The molecule has 0 radical (unpaired) electrons. The lowest BCUT2D eigenvalue weighted by atomic mass is 10.2. The van der Waals surface area contributed by atoms with Crippen molar-refractivity contribution >= 4 is 10.9 Å². The first-order chi connectivity index (χ1) is 5.92. The zero-order chi connectivity index (χ0) is 8.39. The topological polar surface area (TPSA) is 46.3 Å². The van der Waals surface area contributed by atoms with E-state index >= 15 is 0 Å². The molecule has 62 valence electrons. The molecule has 0 spiro atoms. The van der Waals surface area contributed by atoms with Gasteiger partial charge in [0.25, 0.3) is 0 Å². The number of rotatable bonds is 2. The summed E-state index contributed by atoms with van der Waals surface area (Å²) in [5.74, 6) is 0.758. The van der Waals surface area contributed by atoms with Crippen molar-refractivity contribution in [1.82, 2.24) is 5.16 Å². The highest BCUT2D eigenvalue weighted by molar-refractivity contribution is 5.80. The normalized spacial score (nSPS) is 10.8. The Morgan fingerprint density at radius 2 is 2.17 bits per heavy atom. The Hall–Kier alpha value is -1.35. The van der Waals surface area contributed by atoms with Gasteiger partial charge < -0.3 is 9.63 Å². The number of hydrogen-bond donors (Lipinski definition) is 1. The van der Waals surface area contributed by atoms with Gasteiger partial charge in [-0.05, 0) is 12.1 Å². The summed E-state index contributed by atoms with van der Waals surface area (Å²) in [5.41, 5.74) is 0.848. The lowest BCUT2D eigenvalue weighted by molar-refractivity contribution is 0.279. The molecule has 1 heterocycles. The Bertz CT molecular complexity index is 381. The largest absolute Gasteiger partial charge is 0.396 e. The third kappa shape index (κ3) is 1.08. The molecule has 2 aromatic rings. The zero-order valence-electron chi connectivity index (χ0n) is 6.53. The molecule has 1 N–H and O–H groups in total. The zero-order valence-corrected chi connectivity index (χ0v) is 6.53. The Balaban J connectivity index is 2.55. The average molecular weight is 163 g/mol. The molecule has 0 aliphatic rings. The molecule has 1 aromatic carbocycles. The molecule has 0 bridgehead atoms. The van der Waals surface area contributed by atoms with E-state index in [-0.39, 0.29) is 6.61 Å². The van der Waals surface area contributed by atoms with E-state index in [1.165, 1.54) is 0 Å². The van der Waals surface area contributed by atoms with Crippen molar-refractivity contribution in [3.63, 3.8) is 0 Å². The van der Waals surface area contributed by atoms with Crippen LogP contribution in [0.15, 0.2) is 28.8 Å². The Labute approximate surface area is 69.6 Å². The molecule has 1 aromatic heterocycles. The first kappa shape index (κ1) is 7.31. The average Bonchev–Trinajstić information content (AvgIpc) is 2.50. The van der Waals surface area contributed by atoms with Crippen LogP contribution in [0.4, 0.5) is 0 Å². The second kappa shape index (κ2) is 2.95. The summed E-state index contributed by atoms with van der Waals surface area (Å²) in [6.45, 7) is 0.0964. The molecule has 0 fully saturated rings. The van der Waals surface area contributed by atoms with Crippen LogP contribution in [0.5, 0.6) is 0 Å². The van der Waals surface area contributed by atoms with E-state index in [0.717, 1.165) is 16.7 Å². The van der Waals surface area contributed by atoms with Gasteiger partial charge in [-0.3, -0.25) is 0 Å². The van der Waals surface area contributed by atoms with Gasteiger partial charge in [0.15, 0.2) is 0 Å². The van der Waals surface area contributed by atoms with Crippen molar-refractivity contribution in [3.05, 3.63) is 30.0 Å². The molecule has 3 nitrogen and oxygen atoms in total. The first-order valence-corrected chi connectivity index (χ1v) is 3.86. The minimum absolute atomic E-state index is 0.0964. The van der Waals surface area contributed by atoms with E-state index in [1.807, 2.05) is 24.3 Å². The highest BCUT2D eigenvalue weighted by atomic mass is 16.5. The molecule has 12 heavy (non-hydrogen) atoms. The van der Waals surface area contributed by atoms with Crippen LogP contribution in [0.3, 0.4) is 0 Å². The molecule has 0 unspecified atom stereocenters. The molecular weight excluding hydrogens is 154 g/mol. The molecule has 3 heteroatoms. The third-order valence-corrected chi connectivity index (χ3v) is 1.80. The molecule has 0 saturated carbocycles. The van der Waals surface area contributed by atoms with Gasteiger partial charge in [0.05, 0.1) is 6.61 Å². The summed E-state index contributed by atoms with van der Waals surface area (Å²) < 4.78 is 5.05. The van der Waals surface area contributed by atoms with E-state index in [9.17, 15) is 0 Å². The van der Waals surface area contributed by atoms with Crippen molar-refractivity contribution in [1.29, 1.82) is 0 Å². The summed E-state index contributed by atoms with van der Waals surface area (Å²) in [5, 5.41) is 13.6. The number of benzene rings is 1. The van der Waals surface area contributed by atoms with Crippen molar-refractivity contribution < 1.29 is 9.63 Å². The number of aromatic nitrogens is 1. The van der Waals surface area contributed by atoms with E-state index in [0.29, 0.717) is 6.42 Å². The first-order valence-electron chi connectivity index (χ1n) is 3.86.